The second kappa shape index (κ2) is 7.24. The number of nitrogens with zero attached hydrogens (tertiary/aromatic N) is 2. The Hall–Kier alpha value is -2.04. The zero-order valence-corrected chi connectivity index (χ0v) is 14.5. The molecule has 0 spiro atoms. The van der Waals surface area contributed by atoms with E-state index in [4.69, 9.17) is 4.74 Å². The highest BCUT2D eigenvalue weighted by atomic mass is 16.5. The van der Waals surface area contributed by atoms with Gasteiger partial charge in [-0.05, 0) is 49.9 Å². The van der Waals surface area contributed by atoms with Crippen molar-refractivity contribution in [3.8, 4) is 5.75 Å². The van der Waals surface area contributed by atoms with Crippen LogP contribution in [0.25, 0.3) is 0 Å². The Morgan fingerprint density at radius 2 is 2.00 bits per heavy atom. The van der Waals surface area contributed by atoms with Gasteiger partial charge < -0.3 is 14.5 Å². The number of carbonyl (C=O) groups is 2. The van der Waals surface area contributed by atoms with Gasteiger partial charge in [-0.3, -0.25) is 9.59 Å². The summed E-state index contributed by atoms with van der Waals surface area (Å²) in [6.45, 7) is 6.88. The Morgan fingerprint density at radius 1 is 1.25 bits per heavy atom. The molecule has 0 bridgehead atoms. The molecule has 2 saturated heterocycles. The summed E-state index contributed by atoms with van der Waals surface area (Å²) in [6, 6.07) is 7.51. The SMILES string of the molecule is CCOc1ccc(N2CC(C(=O)N3CCCC(C)C3)CC2=O)cc1. The van der Waals surface area contributed by atoms with Crippen molar-refractivity contribution in [2.24, 2.45) is 11.8 Å². The maximum atomic E-state index is 12.7. The van der Waals surface area contributed by atoms with Crippen molar-refractivity contribution in [2.45, 2.75) is 33.1 Å². The van der Waals surface area contributed by atoms with Gasteiger partial charge in [0.25, 0.3) is 0 Å². The molecule has 2 aliphatic heterocycles. The van der Waals surface area contributed by atoms with Crippen LogP contribution in [0.1, 0.15) is 33.1 Å². The van der Waals surface area contributed by atoms with Crippen LogP contribution in [-0.4, -0.2) is 43.0 Å². The third-order valence-electron chi connectivity index (χ3n) is 4.90. The largest absolute Gasteiger partial charge is 0.494 e. The van der Waals surface area contributed by atoms with Crippen molar-refractivity contribution in [3.63, 3.8) is 0 Å². The van der Waals surface area contributed by atoms with E-state index in [2.05, 4.69) is 6.92 Å². The van der Waals surface area contributed by atoms with Gasteiger partial charge in [0.15, 0.2) is 0 Å². The smallest absolute Gasteiger partial charge is 0.228 e. The fourth-order valence-electron chi connectivity index (χ4n) is 3.66. The van der Waals surface area contributed by atoms with Gasteiger partial charge in [-0.2, -0.15) is 0 Å². The molecule has 2 unspecified atom stereocenters. The summed E-state index contributed by atoms with van der Waals surface area (Å²) < 4.78 is 5.43. The predicted octanol–water partition coefficient (Wildman–Crippen LogP) is 2.70. The molecule has 0 aliphatic carbocycles. The maximum Gasteiger partial charge on any atom is 0.228 e. The normalized spacial score (nSPS) is 24.3. The van der Waals surface area contributed by atoms with Gasteiger partial charge in [-0.25, -0.2) is 0 Å². The lowest BCUT2D eigenvalue weighted by Crippen LogP contribution is -2.43. The minimum Gasteiger partial charge on any atom is -0.494 e. The van der Waals surface area contributed by atoms with Gasteiger partial charge in [0.05, 0.1) is 12.5 Å². The summed E-state index contributed by atoms with van der Waals surface area (Å²) in [7, 11) is 0. The molecule has 5 nitrogen and oxygen atoms in total. The molecule has 1 aromatic rings. The first-order valence-corrected chi connectivity index (χ1v) is 8.90. The number of piperidine rings is 1. The molecule has 0 saturated carbocycles. The van der Waals surface area contributed by atoms with Crippen LogP contribution >= 0.6 is 0 Å². The number of anilines is 1. The zero-order chi connectivity index (χ0) is 17.1. The van der Waals surface area contributed by atoms with E-state index in [0.717, 1.165) is 30.9 Å². The number of hydrogen-bond donors (Lipinski definition) is 0. The van der Waals surface area contributed by atoms with Gasteiger partial charge in [0, 0.05) is 31.7 Å². The van der Waals surface area contributed by atoms with Crippen LogP contribution < -0.4 is 9.64 Å². The van der Waals surface area contributed by atoms with Crippen LogP contribution in [0, 0.1) is 11.8 Å². The van der Waals surface area contributed by atoms with E-state index < -0.39 is 0 Å². The number of likely N-dealkylation sites (tertiary alicyclic amines) is 1. The molecule has 2 amide bonds. The number of carbonyl (C=O) groups excluding carboxylic acids is 2. The summed E-state index contributed by atoms with van der Waals surface area (Å²) in [5.74, 6) is 1.31. The average molecular weight is 330 g/mol. The molecule has 0 aromatic heterocycles. The second-order valence-electron chi connectivity index (χ2n) is 6.86. The average Bonchev–Trinajstić information content (AvgIpc) is 2.97. The molecule has 2 fully saturated rings. The molecular weight excluding hydrogens is 304 g/mol. The van der Waals surface area contributed by atoms with Crippen molar-refractivity contribution in [1.82, 2.24) is 4.90 Å². The van der Waals surface area contributed by atoms with Gasteiger partial charge in [-0.15, -0.1) is 0 Å². The van der Waals surface area contributed by atoms with Crippen molar-refractivity contribution in [1.29, 1.82) is 0 Å². The standard InChI is InChI=1S/C19H26N2O3/c1-3-24-17-8-6-16(7-9-17)21-13-15(11-18(21)22)19(23)20-10-4-5-14(2)12-20/h6-9,14-15H,3-5,10-13H2,1-2H3. The lowest BCUT2D eigenvalue weighted by Gasteiger charge is -2.32. The Labute approximate surface area is 143 Å². The van der Waals surface area contributed by atoms with Gasteiger partial charge in [0.1, 0.15) is 5.75 Å². The summed E-state index contributed by atoms with van der Waals surface area (Å²) in [4.78, 5) is 28.8. The van der Waals surface area contributed by atoms with E-state index in [9.17, 15) is 9.59 Å². The van der Waals surface area contributed by atoms with E-state index in [-0.39, 0.29) is 17.7 Å². The Bertz CT molecular complexity index is 599. The molecule has 2 heterocycles. The van der Waals surface area contributed by atoms with E-state index in [0.29, 0.717) is 25.5 Å². The van der Waals surface area contributed by atoms with Crippen molar-refractivity contribution in [3.05, 3.63) is 24.3 Å². The van der Waals surface area contributed by atoms with E-state index in [1.54, 1.807) is 4.90 Å². The highest BCUT2D eigenvalue weighted by molar-refractivity contribution is 6.00. The summed E-state index contributed by atoms with van der Waals surface area (Å²) >= 11 is 0. The fraction of sp³-hybridized carbons (Fsp3) is 0.579. The molecule has 24 heavy (non-hydrogen) atoms. The minimum atomic E-state index is -0.214. The van der Waals surface area contributed by atoms with Crippen LogP contribution in [0.5, 0.6) is 5.75 Å². The number of rotatable bonds is 4. The number of benzene rings is 1. The second-order valence-corrected chi connectivity index (χ2v) is 6.86. The Morgan fingerprint density at radius 3 is 2.67 bits per heavy atom. The van der Waals surface area contributed by atoms with Crippen LogP contribution in [0.3, 0.4) is 0 Å². The van der Waals surface area contributed by atoms with Gasteiger partial charge >= 0.3 is 0 Å². The first-order valence-electron chi connectivity index (χ1n) is 8.90. The number of ether oxygens (including phenoxy) is 1. The molecule has 130 valence electrons. The number of amides is 2. The molecule has 0 radical (unpaired) electrons. The number of hydrogen-bond acceptors (Lipinski definition) is 3. The van der Waals surface area contributed by atoms with Crippen molar-refractivity contribution in [2.75, 3.05) is 31.1 Å². The van der Waals surface area contributed by atoms with Gasteiger partial charge in [0.2, 0.25) is 11.8 Å². The van der Waals surface area contributed by atoms with Crippen LogP contribution in [-0.2, 0) is 9.59 Å². The van der Waals surface area contributed by atoms with Crippen LogP contribution in [0.4, 0.5) is 5.69 Å². The first kappa shape index (κ1) is 16.8. The molecular formula is C19H26N2O3. The highest BCUT2D eigenvalue weighted by Crippen LogP contribution is 2.29. The summed E-state index contributed by atoms with van der Waals surface area (Å²) in [5, 5.41) is 0. The lowest BCUT2D eigenvalue weighted by atomic mass is 9.98. The van der Waals surface area contributed by atoms with Crippen LogP contribution in [0.2, 0.25) is 0 Å². The summed E-state index contributed by atoms with van der Waals surface area (Å²) in [6.07, 6.45) is 2.57. The third-order valence-corrected chi connectivity index (χ3v) is 4.90. The van der Waals surface area contributed by atoms with Crippen LogP contribution in [0.15, 0.2) is 24.3 Å². The van der Waals surface area contributed by atoms with Crippen molar-refractivity contribution < 1.29 is 14.3 Å². The minimum absolute atomic E-state index is 0.0302. The molecule has 2 aliphatic rings. The van der Waals surface area contributed by atoms with Crippen molar-refractivity contribution >= 4 is 17.5 Å². The predicted molar refractivity (Wildman–Crippen MR) is 93.0 cm³/mol. The molecule has 1 aromatic carbocycles. The summed E-state index contributed by atoms with van der Waals surface area (Å²) in [5.41, 5.74) is 0.839. The Kier molecular flexibility index (Phi) is 5.07. The Balaban J connectivity index is 1.65. The van der Waals surface area contributed by atoms with E-state index in [1.165, 1.54) is 6.42 Å². The van der Waals surface area contributed by atoms with Gasteiger partial charge in [-0.1, -0.05) is 6.92 Å². The van der Waals surface area contributed by atoms with E-state index >= 15 is 0 Å². The molecule has 5 heteroatoms. The third kappa shape index (κ3) is 3.55. The maximum absolute atomic E-state index is 12.7. The topological polar surface area (TPSA) is 49.9 Å². The fourth-order valence-corrected chi connectivity index (χ4v) is 3.66. The quantitative estimate of drug-likeness (QED) is 0.853. The highest BCUT2D eigenvalue weighted by Gasteiger charge is 2.37. The molecule has 3 rings (SSSR count). The van der Waals surface area contributed by atoms with E-state index in [1.807, 2.05) is 36.1 Å². The zero-order valence-electron chi connectivity index (χ0n) is 14.5. The lowest BCUT2D eigenvalue weighted by molar-refractivity contribution is -0.137. The molecule has 2 atom stereocenters. The monoisotopic (exact) mass is 330 g/mol. The molecule has 0 N–H and O–H groups in total. The first-order chi connectivity index (χ1) is 11.6.